The quantitative estimate of drug-likeness (QED) is 0.848. The maximum atomic E-state index is 11.8. The van der Waals surface area contributed by atoms with Gasteiger partial charge in [-0.3, -0.25) is 0 Å². The zero-order chi connectivity index (χ0) is 11.6. The van der Waals surface area contributed by atoms with Gasteiger partial charge in [0.05, 0.1) is 4.90 Å². The predicted molar refractivity (Wildman–Crippen MR) is 61.6 cm³/mol. The monoisotopic (exact) mass is 228 g/mol. The highest BCUT2D eigenvalue weighted by atomic mass is 32.2. The van der Waals surface area contributed by atoms with Crippen LogP contribution in [0.25, 0.3) is 0 Å². The molecule has 0 atom stereocenters. The van der Waals surface area contributed by atoms with Gasteiger partial charge in [-0.25, -0.2) is 12.7 Å². The van der Waals surface area contributed by atoms with Crippen LogP contribution in [0, 0.1) is 6.92 Å². The molecule has 1 rings (SSSR count). The Kier molecular flexibility index (Phi) is 3.36. The van der Waals surface area contributed by atoms with Crippen LogP contribution >= 0.6 is 0 Å². The molecule has 1 aromatic carbocycles. The molecule has 1 aromatic rings. The third-order valence-electron chi connectivity index (χ3n) is 2.26. The molecule has 0 saturated carbocycles. The fourth-order valence-electron chi connectivity index (χ4n) is 1.24. The lowest BCUT2D eigenvalue weighted by Crippen LogP contribution is -2.22. The Hall–Kier alpha value is -1.07. The van der Waals surface area contributed by atoms with Crippen molar-refractivity contribution >= 4 is 15.7 Å². The Labute approximate surface area is 91.0 Å². The van der Waals surface area contributed by atoms with Crippen LogP contribution in [0.15, 0.2) is 23.1 Å². The first-order chi connectivity index (χ1) is 6.89. The third-order valence-corrected chi connectivity index (χ3v) is 4.07. The first-order valence-electron chi connectivity index (χ1n) is 4.60. The summed E-state index contributed by atoms with van der Waals surface area (Å²) in [7, 11) is 1.48. The topological polar surface area (TPSA) is 49.4 Å². The van der Waals surface area contributed by atoms with Crippen molar-refractivity contribution in [3.05, 3.63) is 23.8 Å². The molecule has 0 aliphatic rings. The average molecular weight is 228 g/mol. The fraction of sp³-hybridized carbons (Fsp3) is 0.400. The molecule has 84 valence electrons. The Bertz CT molecular complexity index is 452. The van der Waals surface area contributed by atoms with Gasteiger partial charge in [-0.2, -0.15) is 0 Å². The molecule has 0 amide bonds. The largest absolute Gasteiger partial charge is 0.388 e. The van der Waals surface area contributed by atoms with Crippen molar-refractivity contribution in [2.75, 3.05) is 26.5 Å². The van der Waals surface area contributed by atoms with Gasteiger partial charge in [0.15, 0.2) is 0 Å². The van der Waals surface area contributed by atoms with Gasteiger partial charge in [0.25, 0.3) is 0 Å². The first kappa shape index (κ1) is 12.0. The molecular formula is C10H16N2O2S. The lowest BCUT2D eigenvalue weighted by molar-refractivity contribution is 0.521. The van der Waals surface area contributed by atoms with Crippen LogP contribution in [0.2, 0.25) is 0 Å². The molecule has 1 N–H and O–H groups in total. The van der Waals surface area contributed by atoms with E-state index in [4.69, 9.17) is 0 Å². The standard InChI is InChI=1S/C10H16N2O2S/c1-8-5-6-9(7-10(8)11-2)15(13,14)12(3)4/h5-7,11H,1-4H3. The van der Waals surface area contributed by atoms with E-state index >= 15 is 0 Å². The summed E-state index contributed by atoms with van der Waals surface area (Å²) < 4.78 is 24.8. The summed E-state index contributed by atoms with van der Waals surface area (Å²) in [4.78, 5) is 0.308. The van der Waals surface area contributed by atoms with Crippen molar-refractivity contribution in [2.24, 2.45) is 0 Å². The summed E-state index contributed by atoms with van der Waals surface area (Å²) in [6, 6.07) is 5.05. The van der Waals surface area contributed by atoms with Gasteiger partial charge in [-0.05, 0) is 24.6 Å². The lowest BCUT2D eigenvalue weighted by atomic mass is 10.2. The lowest BCUT2D eigenvalue weighted by Gasteiger charge is -2.13. The Morgan fingerprint density at radius 2 is 1.87 bits per heavy atom. The van der Waals surface area contributed by atoms with E-state index in [0.29, 0.717) is 4.90 Å². The Morgan fingerprint density at radius 3 is 2.33 bits per heavy atom. The number of benzene rings is 1. The molecule has 0 unspecified atom stereocenters. The van der Waals surface area contributed by atoms with Gasteiger partial charge in [0.1, 0.15) is 0 Å². The van der Waals surface area contributed by atoms with Crippen LogP contribution in [0.4, 0.5) is 5.69 Å². The molecule has 0 aliphatic heterocycles. The normalized spacial score (nSPS) is 11.8. The molecule has 0 fully saturated rings. The maximum absolute atomic E-state index is 11.8. The van der Waals surface area contributed by atoms with Crippen molar-refractivity contribution in [3.8, 4) is 0 Å². The number of hydrogen-bond acceptors (Lipinski definition) is 3. The smallest absolute Gasteiger partial charge is 0.242 e. The molecule has 0 aromatic heterocycles. The van der Waals surface area contributed by atoms with Crippen molar-refractivity contribution < 1.29 is 8.42 Å². The van der Waals surface area contributed by atoms with E-state index in [-0.39, 0.29) is 0 Å². The van der Waals surface area contributed by atoms with E-state index in [1.54, 1.807) is 25.2 Å². The van der Waals surface area contributed by atoms with Crippen molar-refractivity contribution in [1.29, 1.82) is 0 Å². The van der Waals surface area contributed by atoms with Gasteiger partial charge >= 0.3 is 0 Å². The maximum Gasteiger partial charge on any atom is 0.242 e. The summed E-state index contributed by atoms with van der Waals surface area (Å²) in [6.45, 7) is 1.93. The number of hydrogen-bond donors (Lipinski definition) is 1. The van der Waals surface area contributed by atoms with Gasteiger partial charge < -0.3 is 5.32 Å². The molecule has 0 heterocycles. The van der Waals surface area contributed by atoms with Crippen LogP contribution in [-0.4, -0.2) is 33.9 Å². The number of rotatable bonds is 3. The second-order valence-electron chi connectivity index (χ2n) is 3.51. The van der Waals surface area contributed by atoms with E-state index < -0.39 is 10.0 Å². The molecule has 15 heavy (non-hydrogen) atoms. The van der Waals surface area contributed by atoms with Crippen LogP contribution in [0.3, 0.4) is 0 Å². The molecule has 0 aliphatic carbocycles. The second kappa shape index (κ2) is 4.20. The fourth-order valence-corrected chi connectivity index (χ4v) is 2.17. The van der Waals surface area contributed by atoms with Crippen LogP contribution < -0.4 is 5.32 Å². The van der Waals surface area contributed by atoms with E-state index in [9.17, 15) is 8.42 Å². The number of anilines is 1. The first-order valence-corrected chi connectivity index (χ1v) is 6.04. The predicted octanol–water partition coefficient (Wildman–Crippen LogP) is 1.29. The zero-order valence-corrected chi connectivity index (χ0v) is 10.2. The number of nitrogens with zero attached hydrogens (tertiary/aromatic N) is 1. The average Bonchev–Trinajstić information content (AvgIpc) is 2.18. The van der Waals surface area contributed by atoms with Gasteiger partial charge in [0.2, 0.25) is 10.0 Å². The van der Waals surface area contributed by atoms with E-state index in [1.165, 1.54) is 18.4 Å². The number of nitrogens with one attached hydrogen (secondary N) is 1. The van der Waals surface area contributed by atoms with E-state index in [0.717, 1.165) is 11.3 Å². The highest BCUT2D eigenvalue weighted by molar-refractivity contribution is 7.89. The summed E-state index contributed by atoms with van der Waals surface area (Å²) in [5.74, 6) is 0. The summed E-state index contributed by atoms with van der Waals surface area (Å²) in [5, 5.41) is 2.96. The van der Waals surface area contributed by atoms with Gasteiger partial charge in [-0.15, -0.1) is 0 Å². The SMILES string of the molecule is CNc1cc(S(=O)(=O)N(C)C)ccc1C. The van der Waals surface area contributed by atoms with E-state index in [2.05, 4.69) is 5.32 Å². The molecule has 5 heteroatoms. The molecule has 0 radical (unpaired) electrons. The molecule has 0 saturated heterocycles. The summed E-state index contributed by atoms with van der Waals surface area (Å²) >= 11 is 0. The van der Waals surface area contributed by atoms with Crippen molar-refractivity contribution in [2.45, 2.75) is 11.8 Å². The Balaban J connectivity index is 3.29. The minimum atomic E-state index is -3.33. The highest BCUT2D eigenvalue weighted by Gasteiger charge is 2.17. The summed E-state index contributed by atoms with van der Waals surface area (Å²) in [6.07, 6.45) is 0. The van der Waals surface area contributed by atoms with Gasteiger partial charge in [0, 0.05) is 26.8 Å². The van der Waals surface area contributed by atoms with Crippen molar-refractivity contribution in [3.63, 3.8) is 0 Å². The minimum Gasteiger partial charge on any atom is -0.388 e. The Morgan fingerprint density at radius 1 is 1.27 bits per heavy atom. The zero-order valence-electron chi connectivity index (χ0n) is 9.40. The summed E-state index contributed by atoms with van der Waals surface area (Å²) in [5.41, 5.74) is 1.85. The second-order valence-corrected chi connectivity index (χ2v) is 5.67. The third kappa shape index (κ3) is 2.30. The van der Waals surface area contributed by atoms with Crippen LogP contribution in [0.5, 0.6) is 0 Å². The van der Waals surface area contributed by atoms with Crippen LogP contribution in [0.1, 0.15) is 5.56 Å². The molecule has 0 spiro atoms. The van der Waals surface area contributed by atoms with Crippen LogP contribution in [-0.2, 0) is 10.0 Å². The minimum absolute atomic E-state index is 0.308. The molecular weight excluding hydrogens is 212 g/mol. The highest BCUT2D eigenvalue weighted by Crippen LogP contribution is 2.21. The van der Waals surface area contributed by atoms with Gasteiger partial charge in [-0.1, -0.05) is 6.07 Å². The number of aryl methyl sites for hydroxylation is 1. The van der Waals surface area contributed by atoms with E-state index in [1.807, 2.05) is 6.92 Å². The molecule has 4 nitrogen and oxygen atoms in total. The molecule has 0 bridgehead atoms. The van der Waals surface area contributed by atoms with Crippen molar-refractivity contribution in [1.82, 2.24) is 4.31 Å². The number of sulfonamides is 1.